The smallest absolute Gasteiger partial charge is 0.337 e. The third-order valence-corrected chi connectivity index (χ3v) is 9.42. The molecule has 1 aliphatic rings. The molecule has 0 amide bonds. The molecule has 2 heterocycles. The molecule has 5 aromatic rings. The SMILES string of the molecule is CCOc1ccc([C@@H]2C(C(=O)OC)=CN=c3s/c(=C\c4cc(Br)c(OCc5ccc6ccccc6c5)c(OCC)c4)c(=O)n32)cc1OCC. The van der Waals surface area contributed by atoms with Gasteiger partial charge in [0.25, 0.3) is 5.56 Å². The van der Waals surface area contributed by atoms with Crippen molar-refractivity contribution >= 4 is 50.1 Å². The maximum absolute atomic E-state index is 14.1. The lowest BCUT2D eigenvalue weighted by Crippen LogP contribution is -2.39. The molecule has 1 atom stereocenters. The van der Waals surface area contributed by atoms with Crippen LogP contribution in [0.1, 0.15) is 43.5 Å². The average molecular weight is 744 g/mol. The largest absolute Gasteiger partial charge is 0.490 e. The highest BCUT2D eigenvalue weighted by Crippen LogP contribution is 2.38. The van der Waals surface area contributed by atoms with Gasteiger partial charge in [-0.3, -0.25) is 9.36 Å². The maximum atomic E-state index is 14.1. The Morgan fingerprint density at radius 2 is 1.61 bits per heavy atom. The van der Waals surface area contributed by atoms with Crippen LogP contribution in [0.25, 0.3) is 16.8 Å². The number of halogens is 1. The van der Waals surface area contributed by atoms with Crippen LogP contribution in [0.5, 0.6) is 23.0 Å². The van der Waals surface area contributed by atoms with E-state index in [4.69, 9.17) is 23.7 Å². The Hall–Kier alpha value is -4.87. The predicted octanol–water partition coefficient (Wildman–Crippen LogP) is 6.71. The number of rotatable bonds is 12. The van der Waals surface area contributed by atoms with Crippen molar-refractivity contribution in [3.63, 3.8) is 0 Å². The molecule has 0 N–H and O–H groups in total. The molecule has 0 saturated carbocycles. The fraction of sp³-hybridized carbons (Fsp3) is 0.237. The Labute approximate surface area is 295 Å². The fourth-order valence-electron chi connectivity index (χ4n) is 5.70. The van der Waals surface area contributed by atoms with E-state index in [-0.39, 0.29) is 11.1 Å². The van der Waals surface area contributed by atoms with Gasteiger partial charge in [-0.15, -0.1) is 0 Å². The second-order valence-electron chi connectivity index (χ2n) is 11.0. The van der Waals surface area contributed by atoms with Gasteiger partial charge in [0.1, 0.15) is 6.61 Å². The third kappa shape index (κ3) is 7.13. The van der Waals surface area contributed by atoms with Gasteiger partial charge in [-0.2, -0.15) is 0 Å². The Morgan fingerprint density at radius 1 is 0.878 bits per heavy atom. The van der Waals surface area contributed by atoms with E-state index in [1.807, 2.05) is 51.1 Å². The number of carbonyl (C=O) groups is 1. The number of methoxy groups -OCH3 is 1. The maximum Gasteiger partial charge on any atom is 0.337 e. The molecular weight excluding hydrogens is 708 g/mol. The molecule has 0 aliphatic carbocycles. The molecule has 0 fully saturated rings. The number of esters is 1. The molecule has 0 bridgehead atoms. The lowest BCUT2D eigenvalue weighted by molar-refractivity contribution is -0.136. The van der Waals surface area contributed by atoms with Crippen molar-refractivity contribution in [1.82, 2.24) is 4.57 Å². The molecular formula is C38H35BrN2O7S. The minimum Gasteiger partial charge on any atom is -0.490 e. The summed E-state index contributed by atoms with van der Waals surface area (Å²) in [6.07, 6.45) is 3.25. The Kier molecular flexibility index (Phi) is 10.5. The zero-order valence-electron chi connectivity index (χ0n) is 27.5. The molecule has 1 aromatic heterocycles. The van der Waals surface area contributed by atoms with E-state index in [1.54, 1.807) is 18.2 Å². The number of nitrogens with zero attached hydrogens (tertiary/aromatic N) is 2. The number of hydrogen-bond donors (Lipinski definition) is 0. The van der Waals surface area contributed by atoms with Gasteiger partial charge >= 0.3 is 5.97 Å². The van der Waals surface area contributed by atoms with E-state index >= 15 is 0 Å². The first-order valence-corrected chi connectivity index (χ1v) is 17.5. The van der Waals surface area contributed by atoms with E-state index < -0.39 is 12.0 Å². The quantitative estimate of drug-likeness (QED) is 0.131. The monoisotopic (exact) mass is 742 g/mol. The van der Waals surface area contributed by atoms with Crippen LogP contribution in [0, 0.1) is 0 Å². The van der Waals surface area contributed by atoms with E-state index in [1.165, 1.54) is 34.6 Å². The van der Waals surface area contributed by atoms with Crippen molar-refractivity contribution in [2.45, 2.75) is 33.4 Å². The molecule has 11 heteroatoms. The summed E-state index contributed by atoms with van der Waals surface area (Å²) in [5.74, 6) is 1.61. The van der Waals surface area contributed by atoms with E-state index in [2.05, 4.69) is 51.3 Å². The summed E-state index contributed by atoms with van der Waals surface area (Å²) in [6.45, 7) is 7.32. The topological polar surface area (TPSA) is 97.6 Å². The van der Waals surface area contributed by atoms with Crippen molar-refractivity contribution in [3.8, 4) is 23.0 Å². The number of benzene rings is 4. The zero-order chi connectivity index (χ0) is 34.5. The molecule has 0 unspecified atom stereocenters. The highest BCUT2D eigenvalue weighted by atomic mass is 79.9. The van der Waals surface area contributed by atoms with Crippen molar-refractivity contribution in [2.75, 3.05) is 26.9 Å². The standard InChI is InChI=1S/C38H35BrN2O7S/c1-5-45-30-15-14-27(20-31(30)46-6-2)34-28(37(43)44-4)21-40-38-41(34)36(42)33(49-38)19-24-17-29(39)35(32(18-24)47-7-3)48-22-23-12-13-25-10-8-9-11-26(25)16-23/h8-21,34H,5-7,22H2,1-4H3/b33-19-/t34-/m1/s1. The molecule has 0 saturated heterocycles. The van der Waals surface area contributed by atoms with Crippen molar-refractivity contribution < 1.29 is 28.5 Å². The Bertz CT molecular complexity index is 2240. The normalized spacial score (nSPS) is 14.1. The van der Waals surface area contributed by atoms with E-state index in [0.29, 0.717) is 68.8 Å². The number of fused-ring (bicyclic) bond motifs is 2. The number of hydrogen-bond acceptors (Lipinski definition) is 9. The van der Waals surface area contributed by atoms with Gasteiger partial charge in [0.05, 0.1) is 47.6 Å². The summed E-state index contributed by atoms with van der Waals surface area (Å²) in [5.41, 5.74) is 2.32. The van der Waals surface area contributed by atoms with Gasteiger partial charge in [-0.25, -0.2) is 9.79 Å². The molecule has 9 nitrogen and oxygen atoms in total. The van der Waals surface area contributed by atoms with Crippen LogP contribution in [-0.2, 0) is 16.1 Å². The number of carbonyl (C=O) groups excluding carboxylic acids is 1. The van der Waals surface area contributed by atoms with Crippen molar-refractivity contribution in [1.29, 1.82) is 0 Å². The first kappa shape index (κ1) is 34.0. The van der Waals surface area contributed by atoms with E-state index in [9.17, 15) is 9.59 Å². The van der Waals surface area contributed by atoms with Crippen LogP contribution >= 0.6 is 27.3 Å². The molecule has 0 radical (unpaired) electrons. The molecule has 6 rings (SSSR count). The second-order valence-corrected chi connectivity index (χ2v) is 12.8. The van der Waals surface area contributed by atoms with Gasteiger partial charge in [-0.1, -0.05) is 53.8 Å². The van der Waals surface area contributed by atoms with Crippen LogP contribution < -0.4 is 33.8 Å². The summed E-state index contributed by atoms with van der Waals surface area (Å²) in [5, 5.41) is 2.31. The van der Waals surface area contributed by atoms with Crippen LogP contribution in [0.3, 0.4) is 0 Å². The summed E-state index contributed by atoms with van der Waals surface area (Å²) >= 11 is 4.90. The van der Waals surface area contributed by atoms with Gasteiger partial charge in [0.2, 0.25) is 0 Å². The lowest BCUT2D eigenvalue weighted by Gasteiger charge is -2.23. The van der Waals surface area contributed by atoms with Crippen molar-refractivity contribution in [2.24, 2.45) is 4.99 Å². The van der Waals surface area contributed by atoms with E-state index in [0.717, 1.165) is 16.5 Å². The van der Waals surface area contributed by atoms with Crippen LogP contribution in [0.4, 0.5) is 0 Å². The van der Waals surface area contributed by atoms with Gasteiger partial charge in [0.15, 0.2) is 27.8 Å². The lowest BCUT2D eigenvalue weighted by atomic mass is 9.97. The third-order valence-electron chi connectivity index (χ3n) is 7.83. The summed E-state index contributed by atoms with van der Waals surface area (Å²) in [7, 11) is 1.30. The summed E-state index contributed by atoms with van der Waals surface area (Å²) < 4.78 is 31.6. The number of ether oxygens (including phenoxy) is 5. The number of thiazole rings is 1. The van der Waals surface area contributed by atoms with Gasteiger partial charge in [0, 0.05) is 6.20 Å². The highest BCUT2D eigenvalue weighted by molar-refractivity contribution is 9.10. The zero-order valence-corrected chi connectivity index (χ0v) is 29.9. The highest BCUT2D eigenvalue weighted by Gasteiger charge is 2.31. The fourth-order valence-corrected chi connectivity index (χ4v) is 7.24. The van der Waals surface area contributed by atoms with Crippen LogP contribution in [-0.4, -0.2) is 37.5 Å². The van der Waals surface area contributed by atoms with Crippen LogP contribution in [0.15, 0.2) is 98.8 Å². The molecule has 1 aliphatic heterocycles. The molecule has 49 heavy (non-hydrogen) atoms. The minimum absolute atomic E-state index is 0.224. The minimum atomic E-state index is -0.794. The van der Waals surface area contributed by atoms with Gasteiger partial charge in [-0.05, 0) is 101 Å². The van der Waals surface area contributed by atoms with Gasteiger partial charge < -0.3 is 23.7 Å². The second kappa shape index (κ2) is 15.1. The Balaban J connectivity index is 1.38. The number of aromatic nitrogens is 1. The summed E-state index contributed by atoms with van der Waals surface area (Å²) in [4.78, 5) is 32.0. The molecule has 4 aromatic carbocycles. The molecule has 0 spiro atoms. The average Bonchev–Trinajstić information content (AvgIpc) is 3.42. The van der Waals surface area contributed by atoms with Crippen molar-refractivity contribution in [3.05, 3.63) is 125 Å². The first-order chi connectivity index (χ1) is 23.8. The van der Waals surface area contributed by atoms with Crippen LogP contribution in [0.2, 0.25) is 0 Å². The summed E-state index contributed by atoms with van der Waals surface area (Å²) in [6, 6.07) is 22.8. The first-order valence-electron chi connectivity index (χ1n) is 15.9. The Morgan fingerprint density at radius 3 is 2.37 bits per heavy atom. The predicted molar refractivity (Wildman–Crippen MR) is 194 cm³/mol. The molecule has 252 valence electrons.